The highest BCUT2D eigenvalue weighted by molar-refractivity contribution is 5.94. The lowest BCUT2D eigenvalue weighted by Gasteiger charge is -2.26. The predicted octanol–water partition coefficient (Wildman–Crippen LogP) is 1.85. The Kier molecular flexibility index (Phi) is 6.68. The van der Waals surface area contributed by atoms with Crippen LogP contribution in [0.25, 0.3) is 0 Å². The van der Waals surface area contributed by atoms with Crippen LogP contribution in [0.2, 0.25) is 0 Å². The number of benzene rings is 1. The van der Waals surface area contributed by atoms with E-state index < -0.39 is 0 Å². The molecule has 1 aromatic carbocycles. The molecular weight excluding hydrogens is 250 g/mol. The summed E-state index contributed by atoms with van der Waals surface area (Å²) in [6.07, 6.45) is 1.07. The zero-order chi connectivity index (χ0) is 15.1. The number of likely N-dealkylation sites (N-methyl/N-ethyl adjacent to an activating group) is 1. The molecule has 0 bridgehead atoms. The lowest BCUT2D eigenvalue weighted by Crippen LogP contribution is -2.41. The molecule has 0 aliphatic heterocycles. The molecule has 0 saturated heterocycles. The quantitative estimate of drug-likeness (QED) is 0.799. The van der Waals surface area contributed by atoms with E-state index in [-0.39, 0.29) is 5.91 Å². The summed E-state index contributed by atoms with van der Waals surface area (Å²) in [5.74, 6) is 0.590. The van der Waals surface area contributed by atoms with Crippen molar-refractivity contribution in [3.8, 4) is 0 Å². The fourth-order valence-electron chi connectivity index (χ4n) is 2.13. The molecule has 112 valence electrons. The number of nitrogens with one attached hydrogen (secondary N) is 1. The van der Waals surface area contributed by atoms with Crippen molar-refractivity contribution in [2.24, 2.45) is 11.7 Å². The fraction of sp³-hybridized carbons (Fsp3) is 0.562. The van der Waals surface area contributed by atoms with Gasteiger partial charge in [0, 0.05) is 24.7 Å². The Morgan fingerprint density at radius 1 is 1.25 bits per heavy atom. The fourth-order valence-corrected chi connectivity index (χ4v) is 2.13. The van der Waals surface area contributed by atoms with E-state index in [1.807, 2.05) is 24.3 Å². The molecule has 4 nitrogen and oxygen atoms in total. The Hall–Kier alpha value is -1.39. The number of carbonyl (C=O) groups excluding carboxylic acids is 1. The molecule has 4 heteroatoms. The monoisotopic (exact) mass is 277 g/mol. The van der Waals surface area contributed by atoms with E-state index in [4.69, 9.17) is 5.73 Å². The van der Waals surface area contributed by atoms with Gasteiger partial charge in [-0.05, 0) is 44.1 Å². The van der Waals surface area contributed by atoms with Gasteiger partial charge in [-0.15, -0.1) is 0 Å². The first kappa shape index (κ1) is 16.7. The molecule has 0 fully saturated rings. The average Bonchev–Trinajstić information content (AvgIpc) is 2.42. The van der Waals surface area contributed by atoms with Crippen LogP contribution >= 0.6 is 0 Å². The van der Waals surface area contributed by atoms with Gasteiger partial charge in [-0.1, -0.05) is 26.0 Å². The van der Waals surface area contributed by atoms with Crippen LogP contribution in [0.15, 0.2) is 24.3 Å². The Balaban J connectivity index is 2.55. The van der Waals surface area contributed by atoms with Gasteiger partial charge in [-0.3, -0.25) is 4.79 Å². The van der Waals surface area contributed by atoms with Crippen molar-refractivity contribution in [2.75, 3.05) is 20.6 Å². The van der Waals surface area contributed by atoms with Crippen molar-refractivity contribution < 1.29 is 4.79 Å². The van der Waals surface area contributed by atoms with E-state index in [1.54, 1.807) is 0 Å². The third-order valence-electron chi connectivity index (χ3n) is 3.42. The standard InChI is InChI=1S/C16H27N3O/c1-12(2)9-15(19(3)4)11-18-16(20)14-7-5-13(10-17)6-8-14/h5-8,12,15H,9-11,17H2,1-4H3,(H,18,20). The molecule has 1 atom stereocenters. The average molecular weight is 277 g/mol. The Labute approximate surface area is 122 Å². The third kappa shape index (κ3) is 5.31. The minimum absolute atomic E-state index is 0.0239. The van der Waals surface area contributed by atoms with Crippen molar-refractivity contribution >= 4 is 5.91 Å². The number of rotatable bonds is 7. The molecule has 0 saturated carbocycles. The molecule has 0 aliphatic rings. The molecule has 1 amide bonds. The molecule has 20 heavy (non-hydrogen) atoms. The maximum absolute atomic E-state index is 12.1. The number of nitrogens with zero attached hydrogens (tertiary/aromatic N) is 1. The van der Waals surface area contributed by atoms with Crippen LogP contribution < -0.4 is 11.1 Å². The van der Waals surface area contributed by atoms with Crippen molar-refractivity contribution in [2.45, 2.75) is 32.9 Å². The topological polar surface area (TPSA) is 58.4 Å². The van der Waals surface area contributed by atoms with Gasteiger partial charge in [0.1, 0.15) is 0 Å². The summed E-state index contributed by atoms with van der Waals surface area (Å²) >= 11 is 0. The second kappa shape index (κ2) is 8.02. The van der Waals surface area contributed by atoms with Gasteiger partial charge >= 0.3 is 0 Å². The molecule has 0 heterocycles. The van der Waals surface area contributed by atoms with Crippen molar-refractivity contribution in [1.82, 2.24) is 10.2 Å². The van der Waals surface area contributed by atoms with Crippen molar-refractivity contribution in [1.29, 1.82) is 0 Å². The van der Waals surface area contributed by atoms with Gasteiger partial charge in [0.05, 0.1) is 0 Å². The number of amides is 1. The van der Waals surface area contributed by atoms with E-state index in [9.17, 15) is 4.79 Å². The maximum Gasteiger partial charge on any atom is 0.251 e. The second-order valence-corrected chi connectivity index (χ2v) is 5.86. The van der Waals surface area contributed by atoms with E-state index in [0.717, 1.165) is 12.0 Å². The van der Waals surface area contributed by atoms with Gasteiger partial charge in [0.2, 0.25) is 0 Å². The summed E-state index contributed by atoms with van der Waals surface area (Å²) in [6.45, 7) is 5.56. The maximum atomic E-state index is 12.1. The van der Waals surface area contributed by atoms with Crippen LogP contribution in [0, 0.1) is 5.92 Å². The Bertz CT molecular complexity index is 412. The van der Waals surface area contributed by atoms with Crippen LogP contribution in [-0.4, -0.2) is 37.5 Å². The van der Waals surface area contributed by atoms with Gasteiger partial charge in [-0.2, -0.15) is 0 Å². The van der Waals surface area contributed by atoms with Crippen molar-refractivity contribution in [3.63, 3.8) is 0 Å². The molecule has 3 N–H and O–H groups in total. The predicted molar refractivity (Wildman–Crippen MR) is 83.6 cm³/mol. The molecular formula is C16H27N3O. The smallest absolute Gasteiger partial charge is 0.251 e. The summed E-state index contributed by atoms with van der Waals surface area (Å²) in [5.41, 5.74) is 7.27. The summed E-state index contributed by atoms with van der Waals surface area (Å²) in [7, 11) is 4.10. The van der Waals surface area contributed by atoms with Crippen LogP contribution in [0.1, 0.15) is 36.2 Å². The summed E-state index contributed by atoms with van der Waals surface area (Å²) in [5, 5.41) is 3.01. The lowest BCUT2D eigenvalue weighted by atomic mass is 10.0. The van der Waals surface area contributed by atoms with Gasteiger partial charge in [-0.25, -0.2) is 0 Å². The van der Waals surface area contributed by atoms with Gasteiger partial charge in [0.25, 0.3) is 5.91 Å². The van der Waals surface area contributed by atoms with Crippen LogP contribution in [0.5, 0.6) is 0 Å². The van der Waals surface area contributed by atoms with E-state index >= 15 is 0 Å². The van der Waals surface area contributed by atoms with Gasteiger partial charge < -0.3 is 16.0 Å². The molecule has 0 aromatic heterocycles. The first-order valence-corrected chi connectivity index (χ1v) is 7.17. The SMILES string of the molecule is CC(C)CC(CNC(=O)c1ccc(CN)cc1)N(C)C. The highest BCUT2D eigenvalue weighted by atomic mass is 16.1. The minimum atomic E-state index is -0.0239. The second-order valence-electron chi connectivity index (χ2n) is 5.86. The number of hydrogen-bond acceptors (Lipinski definition) is 3. The van der Waals surface area contributed by atoms with Crippen molar-refractivity contribution in [3.05, 3.63) is 35.4 Å². The summed E-state index contributed by atoms with van der Waals surface area (Å²) < 4.78 is 0. The van der Waals surface area contributed by atoms with Crippen LogP contribution in [0.4, 0.5) is 0 Å². The van der Waals surface area contributed by atoms with Crippen LogP contribution in [-0.2, 0) is 6.54 Å². The molecule has 0 radical (unpaired) electrons. The van der Waals surface area contributed by atoms with Gasteiger partial charge in [0.15, 0.2) is 0 Å². The Morgan fingerprint density at radius 2 is 1.85 bits per heavy atom. The van der Waals surface area contributed by atoms with E-state index in [2.05, 4.69) is 38.2 Å². The highest BCUT2D eigenvalue weighted by Crippen LogP contribution is 2.09. The van der Waals surface area contributed by atoms with E-state index in [0.29, 0.717) is 30.6 Å². The third-order valence-corrected chi connectivity index (χ3v) is 3.42. The zero-order valence-electron chi connectivity index (χ0n) is 13.0. The van der Waals surface area contributed by atoms with Crippen LogP contribution in [0.3, 0.4) is 0 Å². The number of nitrogens with two attached hydrogens (primary N) is 1. The highest BCUT2D eigenvalue weighted by Gasteiger charge is 2.15. The first-order chi connectivity index (χ1) is 9.43. The summed E-state index contributed by atoms with van der Waals surface area (Å²) in [6, 6.07) is 7.80. The minimum Gasteiger partial charge on any atom is -0.350 e. The first-order valence-electron chi connectivity index (χ1n) is 7.17. The zero-order valence-corrected chi connectivity index (χ0v) is 13.0. The molecule has 1 aromatic rings. The van der Waals surface area contributed by atoms with E-state index in [1.165, 1.54) is 0 Å². The molecule has 0 spiro atoms. The molecule has 1 rings (SSSR count). The normalized spacial score (nSPS) is 12.8. The Morgan fingerprint density at radius 3 is 2.30 bits per heavy atom. The molecule has 1 unspecified atom stereocenters. The lowest BCUT2D eigenvalue weighted by molar-refractivity contribution is 0.0938. The number of carbonyl (C=O) groups is 1. The number of hydrogen-bond donors (Lipinski definition) is 2. The summed E-state index contributed by atoms with van der Waals surface area (Å²) in [4.78, 5) is 14.3. The molecule has 0 aliphatic carbocycles. The largest absolute Gasteiger partial charge is 0.350 e.